The second-order valence-electron chi connectivity index (χ2n) is 15.2. The fourth-order valence-electron chi connectivity index (χ4n) is 9.76. The van der Waals surface area contributed by atoms with Crippen LogP contribution in [0.15, 0.2) is 78.9 Å². The first kappa shape index (κ1) is 36.4. The highest BCUT2D eigenvalue weighted by Gasteiger charge is 2.68. The average Bonchev–Trinajstić information content (AvgIpc) is 3.86. The predicted molar refractivity (Wildman–Crippen MR) is 217 cm³/mol. The number of carbonyl (C=O) groups excluding carboxylic acids is 4. The summed E-state index contributed by atoms with van der Waals surface area (Å²) in [4.78, 5) is 62.1. The number of fused-ring (bicyclic) bond motifs is 5. The molecule has 10 nitrogen and oxygen atoms in total. The van der Waals surface area contributed by atoms with Gasteiger partial charge in [0.2, 0.25) is 23.6 Å². The Hall–Kier alpha value is -5.23. The quantitative estimate of drug-likeness (QED) is 0.135. The first-order chi connectivity index (χ1) is 26.8. The van der Waals surface area contributed by atoms with Crippen molar-refractivity contribution < 1.29 is 29.0 Å². The number of aryl methyl sites for hydroxylation is 2. The fraction of sp³-hybridized carbons (Fsp3) is 0.279. The predicted octanol–water partition coefficient (Wildman–Crippen LogP) is 8.71. The lowest BCUT2D eigenvalue weighted by molar-refractivity contribution is -0.131. The maximum absolute atomic E-state index is 15.2. The zero-order valence-electron chi connectivity index (χ0n) is 30.9. The molecule has 13 heteroatoms. The van der Waals surface area contributed by atoms with Gasteiger partial charge in [-0.3, -0.25) is 28.8 Å². The number of hydrogen-bond donors (Lipinski definition) is 1. The van der Waals surface area contributed by atoms with Gasteiger partial charge in [-0.05, 0) is 97.1 Å². The summed E-state index contributed by atoms with van der Waals surface area (Å²) in [5, 5.41) is 17.2. The molecular weight excluding hydrogens is 771 g/mol. The second kappa shape index (κ2) is 12.9. The van der Waals surface area contributed by atoms with E-state index in [9.17, 15) is 19.5 Å². The Labute approximate surface area is 336 Å². The number of nitrogens with zero attached hydrogens (tertiary/aromatic N) is 4. The van der Waals surface area contributed by atoms with Crippen molar-refractivity contribution in [2.45, 2.75) is 32.6 Å². The van der Waals surface area contributed by atoms with Crippen molar-refractivity contribution >= 4 is 85.8 Å². The number of aromatic nitrogens is 2. The van der Waals surface area contributed by atoms with Gasteiger partial charge < -0.3 is 9.84 Å². The van der Waals surface area contributed by atoms with Crippen molar-refractivity contribution in [3.63, 3.8) is 0 Å². The number of anilines is 2. The zero-order chi connectivity index (χ0) is 39.5. The third-order valence-corrected chi connectivity index (χ3v) is 14.3. The Morgan fingerprint density at radius 3 is 2.45 bits per heavy atom. The maximum Gasteiger partial charge on any atom is 0.242 e. The van der Waals surface area contributed by atoms with Crippen molar-refractivity contribution in [3.05, 3.63) is 106 Å². The van der Waals surface area contributed by atoms with Crippen molar-refractivity contribution in [2.75, 3.05) is 16.9 Å². The number of allylic oxidation sites excluding steroid dienone is 2. The number of hydrogen-bond acceptors (Lipinski definition) is 8. The normalized spacial score (nSPS) is 25.8. The van der Waals surface area contributed by atoms with Crippen LogP contribution in [-0.2, 0) is 26.2 Å². The van der Waals surface area contributed by atoms with Crippen LogP contribution < -0.4 is 14.5 Å². The lowest BCUT2D eigenvalue weighted by Crippen LogP contribution is -2.49. The molecule has 0 radical (unpaired) electrons. The Balaban J connectivity index is 1.16. The molecule has 284 valence electrons. The van der Waals surface area contributed by atoms with Crippen LogP contribution in [0.4, 0.5) is 11.5 Å². The summed E-state index contributed by atoms with van der Waals surface area (Å²) in [5.74, 6) is -4.87. The fourth-order valence-corrected chi connectivity index (χ4v) is 11.3. The summed E-state index contributed by atoms with van der Waals surface area (Å²) in [6.07, 6.45) is 4.11. The average molecular weight is 808 g/mol. The Bertz CT molecular complexity index is 2610. The monoisotopic (exact) mass is 806 g/mol. The van der Waals surface area contributed by atoms with E-state index in [0.29, 0.717) is 27.8 Å². The number of aromatic hydroxyl groups is 1. The number of halogens is 2. The molecule has 56 heavy (non-hydrogen) atoms. The lowest BCUT2D eigenvalue weighted by Gasteiger charge is -2.49. The van der Waals surface area contributed by atoms with E-state index in [1.165, 1.54) is 16.9 Å². The number of phenolic OH excluding ortho intramolecular Hbond substituents is 1. The van der Waals surface area contributed by atoms with Crippen molar-refractivity contribution in [2.24, 2.45) is 36.1 Å². The zero-order valence-corrected chi connectivity index (χ0v) is 33.2. The van der Waals surface area contributed by atoms with Gasteiger partial charge in [0, 0.05) is 28.8 Å². The third-order valence-electron chi connectivity index (χ3n) is 12.5. The topological polar surface area (TPSA) is 122 Å². The highest BCUT2D eigenvalue weighted by atomic mass is 35.5. The molecule has 1 saturated carbocycles. The van der Waals surface area contributed by atoms with E-state index in [1.54, 1.807) is 78.5 Å². The Morgan fingerprint density at radius 2 is 1.73 bits per heavy atom. The van der Waals surface area contributed by atoms with Crippen LogP contribution in [0.1, 0.15) is 42.4 Å². The Kier molecular flexibility index (Phi) is 8.39. The molecule has 9 rings (SSSR count). The highest BCUT2D eigenvalue weighted by Crippen LogP contribution is 2.64. The second-order valence-corrected chi connectivity index (χ2v) is 17.1. The first-order valence-corrected chi connectivity index (χ1v) is 19.8. The number of rotatable bonds is 6. The molecule has 2 aliphatic carbocycles. The lowest BCUT2D eigenvalue weighted by atomic mass is 9.51. The van der Waals surface area contributed by atoms with Crippen LogP contribution >= 0.6 is 34.5 Å². The molecular formula is C43H36Cl2N4O6S. The van der Waals surface area contributed by atoms with E-state index in [2.05, 4.69) is 6.58 Å². The number of carbonyl (C=O) groups is 4. The van der Waals surface area contributed by atoms with E-state index in [0.717, 1.165) is 31.7 Å². The summed E-state index contributed by atoms with van der Waals surface area (Å²) in [7, 11) is 3.11. The number of amides is 4. The largest absolute Gasteiger partial charge is 0.503 e. The molecule has 4 heterocycles. The van der Waals surface area contributed by atoms with Gasteiger partial charge in [0.15, 0.2) is 11.5 Å². The van der Waals surface area contributed by atoms with Crippen molar-refractivity contribution in [1.82, 2.24) is 9.78 Å². The standard InChI is InChI=1S/C43H36Cl2N4O6S/c1-6-21-7-10-24(11-8-21)48-39(51)26-13-12-25-28(35(26)41(48)53)18-29-40(52)49(42(54)43(29,3)36(25)22-15-30(45)37(50)32(16-22)55-5)34-19-31(46-47(34)4)38-20(2)27-17-23(44)9-14-33(27)56-38/h6-12,14-17,19,26,28-29,35-36,50H,1,13,18H2,2-5H3/t26-,28+,29-,35-,36-,43+/m0/s1. The molecule has 3 aromatic carbocycles. The van der Waals surface area contributed by atoms with Crippen LogP contribution in [0.2, 0.25) is 10.0 Å². The molecule has 5 aromatic rings. The van der Waals surface area contributed by atoms with Gasteiger partial charge in [0.1, 0.15) is 11.5 Å². The molecule has 3 fully saturated rings. The highest BCUT2D eigenvalue weighted by molar-refractivity contribution is 7.22. The Morgan fingerprint density at radius 1 is 0.982 bits per heavy atom. The summed E-state index contributed by atoms with van der Waals surface area (Å²) in [6, 6.07) is 17.8. The van der Waals surface area contributed by atoms with E-state index < -0.39 is 46.8 Å². The molecule has 4 aliphatic rings. The van der Waals surface area contributed by atoms with Gasteiger partial charge in [0.05, 0.1) is 45.9 Å². The van der Waals surface area contributed by atoms with Crippen LogP contribution in [-0.4, -0.2) is 45.6 Å². The number of benzene rings is 3. The number of ether oxygens (including phenoxy) is 1. The van der Waals surface area contributed by atoms with E-state index in [4.69, 9.17) is 33.0 Å². The van der Waals surface area contributed by atoms with Gasteiger partial charge in [-0.2, -0.15) is 5.10 Å². The summed E-state index contributed by atoms with van der Waals surface area (Å²) in [6.45, 7) is 7.59. The number of phenols is 1. The number of thiophene rings is 1. The molecule has 4 amide bonds. The number of methoxy groups -OCH3 is 1. The van der Waals surface area contributed by atoms with Gasteiger partial charge in [-0.25, -0.2) is 4.90 Å². The van der Waals surface area contributed by atoms with Gasteiger partial charge >= 0.3 is 0 Å². The molecule has 0 spiro atoms. The van der Waals surface area contributed by atoms with E-state index in [1.807, 2.05) is 31.2 Å². The summed E-state index contributed by atoms with van der Waals surface area (Å²) in [5.41, 5.74) is 2.90. The molecule has 0 bridgehead atoms. The molecule has 2 aromatic heterocycles. The van der Waals surface area contributed by atoms with Crippen LogP contribution in [0, 0.1) is 36.0 Å². The third kappa shape index (κ3) is 5.03. The molecule has 2 saturated heterocycles. The minimum absolute atomic E-state index is 0.0158. The molecule has 2 aliphatic heterocycles. The SMILES string of the molecule is C=Cc1ccc(N2C(=O)[C@H]3[C@H](CC=C4[C@H]3C[C@H]3C(=O)N(c5cc(-c6sc7ccc(Cl)cc7c6C)nn5C)C(=O)[C@@]3(C)[C@H]4c3cc(Cl)c(O)c(OC)c3)C2=O)cc1. The van der Waals surface area contributed by atoms with Gasteiger partial charge in [-0.1, -0.05) is 59.6 Å². The summed E-state index contributed by atoms with van der Waals surface area (Å²) < 4.78 is 8.09. The first-order valence-electron chi connectivity index (χ1n) is 18.3. The van der Waals surface area contributed by atoms with Crippen LogP contribution in [0.3, 0.4) is 0 Å². The van der Waals surface area contributed by atoms with Gasteiger partial charge in [-0.15, -0.1) is 11.3 Å². The van der Waals surface area contributed by atoms with E-state index in [-0.39, 0.29) is 41.2 Å². The van der Waals surface area contributed by atoms with Crippen molar-refractivity contribution in [1.29, 1.82) is 0 Å². The summed E-state index contributed by atoms with van der Waals surface area (Å²) >= 11 is 14.5. The maximum atomic E-state index is 15.2. The molecule has 1 N–H and O–H groups in total. The molecule has 0 unspecified atom stereocenters. The van der Waals surface area contributed by atoms with Crippen LogP contribution in [0.25, 0.3) is 26.7 Å². The molecule has 6 atom stereocenters. The minimum atomic E-state index is -1.35. The van der Waals surface area contributed by atoms with E-state index >= 15 is 4.79 Å². The number of imide groups is 2. The van der Waals surface area contributed by atoms with Crippen LogP contribution in [0.5, 0.6) is 11.5 Å². The minimum Gasteiger partial charge on any atom is -0.503 e. The van der Waals surface area contributed by atoms with Gasteiger partial charge in [0.25, 0.3) is 0 Å². The smallest absolute Gasteiger partial charge is 0.242 e. The van der Waals surface area contributed by atoms with Crippen molar-refractivity contribution in [3.8, 4) is 22.1 Å².